The van der Waals surface area contributed by atoms with Crippen molar-refractivity contribution in [3.63, 3.8) is 0 Å². The predicted molar refractivity (Wildman–Crippen MR) is 89.5 cm³/mol. The maximum Gasteiger partial charge on any atom is 0.126 e. The Hall–Kier alpha value is -1.11. The van der Waals surface area contributed by atoms with Gasteiger partial charge < -0.3 is 4.79 Å². The summed E-state index contributed by atoms with van der Waals surface area (Å²) in [6, 6.07) is 10.8. The van der Waals surface area contributed by atoms with Crippen molar-refractivity contribution in [2.45, 2.75) is 71.1 Å². The van der Waals surface area contributed by atoms with Crippen molar-refractivity contribution >= 4 is 6.29 Å². The number of hydrogen-bond donors (Lipinski definition) is 0. The molecule has 3 unspecified atom stereocenters. The maximum atomic E-state index is 12.1. The van der Waals surface area contributed by atoms with Crippen molar-refractivity contribution in [2.24, 2.45) is 11.3 Å². The van der Waals surface area contributed by atoms with Gasteiger partial charge in [-0.1, -0.05) is 76.3 Å². The Morgan fingerprint density at radius 1 is 1.19 bits per heavy atom. The molecule has 0 aromatic heterocycles. The topological polar surface area (TPSA) is 17.1 Å². The summed E-state index contributed by atoms with van der Waals surface area (Å²) in [5, 5.41) is 0. The first-order valence-electron chi connectivity index (χ1n) is 8.78. The van der Waals surface area contributed by atoms with Crippen LogP contribution in [-0.2, 0) is 4.79 Å². The molecule has 1 nitrogen and oxygen atoms in total. The van der Waals surface area contributed by atoms with Crippen molar-refractivity contribution in [1.29, 1.82) is 0 Å². The Bertz CT molecular complexity index is 423. The monoisotopic (exact) mass is 286 g/mol. The minimum absolute atomic E-state index is 0.116. The van der Waals surface area contributed by atoms with Gasteiger partial charge in [-0.15, -0.1) is 0 Å². The highest BCUT2D eigenvalue weighted by Crippen LogP contribution is 2.53. The average molecular weight is 286 g/mol. The summed E-state index contributed by atoms with van der Waals surface area (Å²) >= 11 is 0. The summed E-state index contributed by atoms with van der Waals surface area (Å²) in [5.41, 5.74) is 1.27. The third-order valence-electron chi connectivity index (χ3n) is 5.36. The molecule has 0 saturated heterocycles. The number of carbonyl (C=O) groups excluding carboxylic acids is 1. The number of carbonyl (C=O) groups is 1. The summed E-state index contributed by atoms with van der Waals surface area (Å²) in [5.74, 6) is 1.10. The Labute approximate surface area is 130 Å². The van der Waals surface area contributed by atoms with Crippen LogP contribution in [0, 0.1) is 11.3 Å². The summed E-state index contributed by atoms with van der Waals surface area (Å²) in [6.07, 6.45) is 10.8. The second-order valence-corrected chi connectivity index (χ2v) is 6.78. The van der Waals surface area contributed by atoms with Gasteiger partial charge in [0.15, 0.2) is 0 Å². The largest absolute Gasteiger partial charge is 0.303 e. The highest BCUT2D eigenvalue weighted by atomic mass is 16.1. The first-order valence-corrected chi connectivity index (χ1v) is 8.78. The molecule has 0 spiro atoms. The van der Waals surface area contributed by atoms with Crippen LogP contribution < -0.4 is 0 Å². The van der Waals surface area contributed by atoms with Gasteiger partial charge in [-0.3, -0.25) is 0 Å². The van der Waals surface area contributed by atoms with E-state index in [9.17, 15) is 4.79 Å². The van der Waals surface area contributed by atoms with E-state index in [1.165, 1.54) is 50.4 Å². The van der Waals surface area contributed by atoms with Crippen LogP contribution in [0.3, 0.4) is 0 Å². The van der Waals surface area contributed by atoms with Gasteiger partial charge in [0.1, 0.15) is 6.29 Å². The van der Waals surface area contributed by atoms with Gasteiger partial charge >= 0.3 is 0 Å². The molecule has 0 bridgehead atoms. The lowest BCUT2D eigenvalue weighted by atomic mass is 9.57. The van der Waals surface area contributed by atoms with Gasteiger partial charge in [-0.25, -0.2) is 0 Å². The average Bonchev–Trinajstić information content (AvgIpc) is 2.54. The lowest BCUT2D eigenvalue weighted by Crippen LogP contribution is -2.39. The molecule has 1 aliphatic rings. The van der Waals surface area contributed by atoms with Crippen molar-refractivity contribution in [1.82, 2.24) is 0 Å². The fourth-order valence-electron chi connectivity index (χ4n) is 4.41. The van der Waals surface area contributed by atoms with Crippen molar-refractivity contribution in [2.75, 3.05) is 0 Å². The molecule has 1 aliphatic carbocycles. The zero-order valence-electron chi connectivity index (χ0n) is 13.7. The Morgan fingerprint density at radius 2 is 1.95 bits per heavy atom. The van der Waals surface area contributed by atoms with E-state index < -0.39 is 0 Å². The fraction of sp³-hybridized carbons (Fsp3) is 0.650. The molecule has 1 aromatic carbocycles. The summed E-state index contributed by atoms with van der Waals surface area (Å²) < 4.78 is 0. The van der Waals surface area contributed by atoms with Crippen LogP contribution in [0.1, 0.15) is 76.7 Å². The zero-order chi connectivity index (χ0) is 15.1. The Morgan fingerprint density at radius 3 is 2.57 bits per heavy atom. The highest BCUT2D eigenvalue weighted by Gasteiger charge is 2.45. The molecule has 0 heterocycles. The normalized spacial score (nSPS) is 29.2. The molecule has 3 atom stereocenters. The first-order chi connectivity index (χ1) is 10.3. The summed E-state index contributed by atoms with van der Waals surface area (Å²) in [7, 11) is 0. The quantitative estimate of drug-likeness (QED) is 0.584. The summed E-state index contributed by atoms with van der Waals surface area (Å²) in [4.78, 5) is 12.1. The van der Waals surface area contributed by atoms with Gasteiger partial charge in [0, 0.05) is 5.41 Å². The van der Waals surface area contributed by atoms with Crippen molar-refractivity contribution < 1.29 is 4.79 Å². The van der Waals surface area contributed by atoms with Crippen LogP contribution in [-0.4, -0.2) is 6.29 Å². The van der Waals surface area contributed by atoms with Crippen LogP contribution in [0.2, 0.25) is 0 Å². The minimum atomic E-state index is -0.116. The van der Waals surface area contributed by atoms with E-state index in [1.807, 2.05) is 0 Å². The van der Waals surface area contributed by atoms with Crippen molar-refractivity contribution in [3.8, 4) is 0 Å². The first kappa shape index (κ1) is 16.3. The molecular formula is C20H30O. The minimum Gasteiger partial charge on any atom is -0.303 e. The molecule has 0 amide bonds. The molecule has 0 N–H and O–H groups in total. The van der Waals surface area contributed by atoms with E-state index in [-0.39, 0.29) is 5.41 Å². The molecule has 2 rings (SSSR count). The van der Waals surface area contributed by atoms with E-state index in [4.69, 9.17) is 0 Å². The number of hydrogen-bond acceptors (Lipinski definition) is 1. The van der Waals surface area contributed by atoms with Gasteiger partial charge in [0.25, 0.3) is 0 Å². The molecule has 0 aliphatic heterocycles. The predicted octanol–water partition coefficient (Wildman–Crippen LogP) is 5.75. The maximum absolute atomic E-state index is 12.1. The van der Waals surface area contributed by atoms with Crippen LogP contribution >= 0.6 is 0 Å². The zero-order valence-corrected chi connectivity index (χ0v) is 13.7. The SMILES string of the molecule is CCCCC1(C=O)CCCC(CCC)C1c1ccccc1. The molecule has 1 heteroatoms. The Kier molecular flexibility index (Phi) is 6.02. The molecule has 1 aromatic rings. The van der Waals surface area contributed by atoms with E-state index in [2.05, 4.69) is 44.2 Å². The van der Waals surface area contributed by atoms with Crippen molar-refractivity contribution in [3.05, 3.63) is 35.9 Å². The summed E-state index contributed by atoms with van der Waals surface area (Å²) in [6.45, 7) is 4.49. The second-order valence-electron chi connectivity index (χ2n) is 6.78. The highest BCUT2D eigenvalue weighted by molar-refractivity contribution is 5.62. The molecule has 1 saturated carbocycles. The third-order valence-corrected chi connectivity index (χ3v) is 5.36. The third kappa shape index (κ3) is 3.56. The van der Waals surface area contributed by atoms with E-state index in [1.54, 1.807) is 0 Å². The van der Waals surface area contributed by atoms with E-state index >= 15 is 0 Å². The molecule has 1 fully saturated rings. The number of benzene rings is 1. The number of rotatable bonds is 7. The number of unbranched alkanes of at least 4 members (excludes halogenated alkanes) is 1. The molecule has 116 valence electrons. The Balaban J connectivity index is 2.37. The fourth-order valence-corrected chi connectivity index (χ4v) is 4.41. The van der Waals surface area contributed by atoms with Crippen LogP contribution in [0.5, 0.6) is 0 Å². The van der Waals surface area contributed by atoms with Gasteiger partial charge in [0.2, 0.25) is 0 Å². The number of aldehydes is 1. The van der Waals surface area contributed by atoms with E-state index in [0.29, 0.717) is 11.8 Å². The van der Waals surface area contributed by atoms with Crippen LogP contribution in [0.4, 0.5) is 0 Å². The van der Waals surface area contributed by atoms with Crippen LogP contribution in [0.15, 0.2) is 30.3 Å². The smallest absolute Gasteiger partial charge is 0.126 e. The standard InChI is InChI=1S/C20H30O/c1-3-5-14-20(16-21)15-9-13-17(10-4-2)19(20)18-11-7-6-8-12-18/h6-8,11-12,16-17,19H,3-5,9-10,13-15H2,1-2H3. The molecule has 0 radical (unpaired) electrons. The van der Waals surface area contributed by atoms with Gasteiger partial charge in [0.05, 0.1) is 0 Å². The lowest BCUT2D eigenvalue weighted by Gasteiger charge is -2.46. The second kappa shape index (κ2) is 7.77. The molecular weight excluding hydrogens is 256 g/mol. The van der Waals surface area contributed by atoms with E-state index in [0.717, 1.165) is 12.8 Å². The van der Waals surface area contributed by atoms with Gasteiger partial charge in [-0.05, 0) is 36.7 Å². The molecule has 21 heavy (non-hydrogen) atoms. The van der Waals surface area contributed by atoms with Crippen LogP contribution in [0.25, 0.3) is 0 Å². The van der Waals surface area contributed by atoms with Gasteiger partial charge in [-0.2, -0.15) is 0 Å². The lowest BCUT2D eigenvalue weighted by molar-refractivity contribution is -0.121.